The minimum atomic E-state index is -0.623. The fourth-order valence-corrected chi connectivity index (χ4v) is 1.80. The van der Waals surface area contributed by atoms with E-state index in [2.05, 4.69) is 0 Å². The summed E-state index contributed by atoms with van der Waals surface area (Å²) in [7, 11) is 0. The summed E-state index contributed by atoms with van der Waals surface area (Å²) >= 11 is 0. The molecule has 1 aliphatic heterocycles. The Labute approximate surface area is 76.1 Å². The van der Waals surface area contributed by atoms with Crippen LogP contribution in [0.3, 0.4) is 0 Å². The molecule has 0 aromatic rings. The number of hydrogen-bond donors (Lipinski definition) is 1. The van der Waals surface area contributed by atoms with Crippen LogP contribution in [-0.4, -0.2) is 29.9 Å². The van der Waals surface area contributed by atoms with Crippen LogP contribution in [0.2, 0.25) is 0 Å². The number of aliphatic hydroxyl groups is 1. The van der Waals surface area contributed by atoms with Gasteiger partial charge in [0, 0.05) is 24.8 Å². The molecule has 1 heterocycles. The van der Waals surface area contributed by atoms with Crippen molar-refractivity contribution < 1.29 is 19.4 Å². The summed E-state index contributed by atoms with van der Waals surface area (Å²) in [4.78, 5) is 11.2. The highest BCUT2D eigenvalue weighted by atomic mass is 16.7. The highest BCUT2D eigenvalue weighted by Gasteiger charge is 2.42. The van der Waals surface area contributed by atoms with Crippen molar-refractivity contribution in [2.45, 2.75) is 25.0 Å². The normalized spacial score (nSPS) is 30.2. The highest BCUT2D eigenvalue weighted by Crippen LogP contribution is 2.36. The molecule has 0 unspecified atom stereocenters. The minimum absolute atomic E-state index is 0.00720. The largest absolute Gasteiger partial charge is 0.515 e. The van der Waals surface area contributed by atoms with E-state index in [1.807, 2.05) is 0 Å². The number of carbonyl (C=O) groups excluding carboxylic acids is 1. The summed E-state index contributed by atoms with van der Waals surface area (Å²) in [5, 5.41) is 8.81. The monoisotopic (exact) mass is 184 g/mol. The second-order valence-corrected chi connectivity index (χ2v) is 3.36. The Morgan fingerprint density at radius 1 is 1.38 bits per heavy atom. The number of rotatable bonds is 0. The molecule has 4 heteroatoms. The van der Waals surface area contributed by atoms with Crippen LogP contribution < -0.4 is 0 Å². The van der Waals surface area contributed by atoms with Gasteiger partial charge in [-0.1, -0.05) is 0 Å². The first kappa shape index (κ1) is 8.72. The number of ether oxygens (including phenoxy) is 2. The number of aliphatic hydroxyl groups excluding tert-OH is 1. The minimum Gasteiger partial charge on any atom is -0.515 e. The zero-order valence-corrected chi connectivity index (χ0v) is 7.28. The first-order valence-electron chi connectivity index (χ1n) is 4.40. The first-order chi connectivity index (χ1) is 6.26. The fraction of sp³-hybridized carbons (Fsp3) is 0.667. The van der Waals surface area contributed by atoms with Gasteiger partial charge < -0.3 is 14.6 Å². The summed E-state index contributed by atoms with van der Waals surface area (Å²) in [6, 6.07) is 0. The SMILES string of the molecule is O=C1CCC2(C/C1=C/O)OCCO2. The van der Waals surface area contributed by atoms with Crippen molar-refractivity contribution in [3.05, 3.63) is 11.8 Å². The molecule has 1 aliphatic carbocycles. The van der Waals surface area contributed by atoms with Crippen molar-refractivity contribution in [3.8, 4) is 0 Å². The molecule has 0 aromatic heterocycles. The van der Waals surface area contributed by atoms with Crippen molar-refractivity contribution in [3.63, 3.8) is 0 Å². The maximum absolute atomic E-state index is 11.2. The van der Waals surface area contributed by atoms with Crippen LogP contribution in [0, 0.1) is 0 Å². The number of Topliss-reactive ketones (excluding diaryl/α,β-unsaturated/α-hetero) is 1. The standard InChI is InChI=1S/C9H12O4/c10-6-7-5-9(2-1-8(7)11)12-3-4-13-9/h6,10H,1-5H2/b7-6-. The Morgan fingerprint density at radius 3 is 2.69 bits per heavy atom. The Bertz CT molecular complexity index is 250. The van der Waals surface area contributed by atoms with E-state index in [-0.39, 0.29) is 5.78 Å². The van der Waals surface area contributed by atoms with Gasteiger partial charge in [0.2, 0.25) is 0 Å². The topological polar surface area (TPSA) is 55.8 Å². The molecule has 1 saturated carbocycles. The van der Waals surface area contributed by atoms with Crippen LogP contribution >= 0.6 is 0 Å². The summed E-state index contributed by atoms with van der Waals surface area (Å²) in [6.07, 6.45) is 2.24. The lowest BCUT2D eigenvalue weighted by atomic mass is 9.89. The average Bonchev–Trinajstić information content (AvgIpc) is 2.59. The van der Waals surface area contributed by atoms with Crippen molar-refractivity contribution in [2.24, 2.45) is 0 Å². The summed E-state index contributed by atoms with van der Waals surface area (Å²) in [5.41, 5.74) is 0.410. The third kappa shape index (κ3) is 1.47. The Balaban J connectivity index is 2.14. The van der Waals surface area contributed by atoms with E-state index in [1.54, 1.807) is 0 Å². The smallest absolute Gasteiger partial charge is 0.173 e. The molecule has 0 radical (unpaired) electrons. The Kier molecular flexibility index (Phi) is 2.09. The second kappa shape index (κ2) is 3.12. The van der Waals surface area contributed by atoms with Crippen LogP contribution in [0.4, 0.5) is 0 Å². The Hall–Kier alpha value is -0.870. The molecule has 72 valence electrons. The molecule has 1 spiro atoms. The summed E-state index contributed by atoms with van der Waals surface area (Å²) < 4.78 is 10.9. The van der Waals surface area contributed by atoms with E-state index in [4.69, 9.17) is 14.6 Å². The van der Waals surface area contributed by atoms with Gasteiger partial charge in [-0.05, 0) is 0 Å². The third-order valence-electron chi connectivity index (χ3n) is 2.52. The zero-order chi connectivity index (χ0) is 9.31. The van der Waals surface area contributed by atoms with Gasteiger partial charge in [0.25, 0.3) is 0 Å². The number of ketones is 1. The molecule has 0 atom stereocenters. The van der Waals surface area contributed by atoms with Gasteiger partial charge in [-0.15, -0.1) is 0 Å². The second-order valence-electron chi connectivity index (χ2n) is 3.36. The maximum Gasteiger partial charge on any atom is 0.173 e. The number of hydrogen-bond acceptors (Lipinski definition) is 4. The van der Waals surface area contributed by atoms with Crippen molar-refractivity contribution in [1.82, 2.24) is 0 Å². The van der Waals surface area contributed by atoms with Gasteiger partial charge in [-0.3, -0.25) is 4.79 Å². The number of carbonyl (C=O) groups is 1. The molecule has 13 heavy (non-hydrogen) atoms. The lowest BCUT2D eigenvalue weighted by molar-refractivity contribution is -0.171. The molecule has 4 nitrogen and oxygen atoms in total. The lowest BCUT2D eigenvalue weighted by Gasteiger charge is -2.31. The molecule has 1 saturated heterocycles. The highest BCUT2D eigenvalue weighted by molar-refractivity contribution is 5.96. The van der Waals surface area contributed by atoms with Crippen LogP contribution in [0.15, 0.2) is 11.8 Å². The van der Waals surface area contributed by atoms with E-state index in [1.165, 1.54) is 0 Å². The van der Waals surface area contributed by atoms with Crippen LogP contribution in [0.5, 0.6) is 0 Å². The van der Waals surface area contributed by atoms with E-state index in [0.29, 0.717) is 38.0 Å². The maximum atomic E-state index is 11.2. The van der Waals surface area contributed by atoms with Gasteiger partial charge in [0.1, 0.15) is 0 Å². The van der Waals surface area contributed by atoms with Crippen molar-refractivity contribution in [2.75, 3.05) is 13.2 Å². The zero-order valence-electron chi connectivity index (χ0n) is 7.28. The van der Waals surface area contributed by atoms with Crippen LogP contribution in [0.1, 0.15) is 19.3 Å². The van der Waals surface area contributed by atoms with Crippen LogP contribution in [0.25, 0.3) is 0 Å². The molecule has 1 N–H and O–H groups in total. The van der Waals surface area contributed by atoms with Crippen molar-refractivity contribution >= 4 is 5.78 Å². The van der Waals surface area contributed by atoms with Gasteiger partial charge in [0.15, 0.2) is 11.6 Å². The molecular weight excluding hydrogens is 172 g/mol. The first-order valence-corrected chi connectivity index (χ1v) is 4.40. The third-order valence-corrected chi connectivity index (χ3v) is 2.52. The molecule has 0 aromatic carbocycles. The predicted octanol–water partition coefficient (Wildman–Crippen LogP) is 0.924. The molecule has 0 amide bonds. The molecule has 2 aliphatic rings. The average molecular weight is 184 g/mol. The van der Waals surface area contributed by atoms with E-state index in [0.717, 1.165) is 6.26 Å². The van der Waals surface area contributed by atoms with Gasteiger partial charge in [-0.2, -0.15) is 0 Å². The van der Waals surface area contributed by atoms with E-state index >= 15 is 0 Å². The van der Waals surface area contributed by atoms with E-state index in [9.17, 15) is 4.79 Å². The van der Waals surface area contributed by atoms with Crippen molar-refractivity contribution in [1.29, 1.82) is 0 Å². The molecule has 2 rings (SSSR count). The van der Waals surface area contributed by atoms with E-state index < -0.39 is 5.79 Å². The quantitative estimate of drug-likeness (QED) is 0.449. The van der Waals surface area contributed by atoms with Gasteiger partial charge in [-0.25, -0.2) is 0 Å². The molecular formula is C9H12O4. The summed E-state index contributed by atoms with van der Waals surface area (Å²) in [5.74, 6) is -0.630. The lowest BCUT2D eigenvalue weighted by Crippen LogP contribution is -2.36. The van der Waals surface area contributed by atoms with Gasteiger partial charge in [0.05, 0.1) is 19.5 Å². The summed E-state index contributed by atoms with van der Waals surface area (Å²) in [6.45, 7) is 1.15. The molecule has 2 fully saturated rings. The predicted molar refractivity (Wildman–Crippen MR) is 44.2 cm³/mol. The van der Waals surface area contributed by atoms with Crippen LogP contribution in [-0.2, 0) is 14.3 Å². The molecule has 0 bridgehead atoms. The van der Waals surface area contributed by atoms with Gasteiger partial charge >= 0.3 is 0 Å². The Morgan fingerprint density at radius 2 is 2.08 bits per heavy atom. The fourth-order valence-electron chi connectivity index (χ4n) is 1.80.